The summed E-state index contributed by atoms with van der Waals surface area (Å²) in [5, 5.41) is 11.3. The minimum atomic E-state index is -1.39. The summed E-state index contributed by atoms with van der Waals surface area (Å²) in [6, 6.07) is 15.3. The molecule has 3 aromatic rings. The second-order valence-corrected chi connectivity index (χ2v) is 6.64. The number of carbonyl (C=O) groups is 1. The minimum Gasteiger partial charge on any atom is -0.469 e. The standard InChI is InChI=1S/C22H22N2O5/c1-4-22(21(25)28-3,17-9-7-16(2)8-10-17)29-20-12-11-18(24(26)27)15-19(20)23-13-5-6-14-23/h5-15H,4H2,1-3H3/t22-/m1/s1. The Morgan fingerprint density at radius 2 is 1.79 bits per heavy atom. The predicted octanol–water partition coefficient (Wildman–Crippen LogP) is 4.55. The summed E-state index contributed by atoms with van der Waals surface area (Å²) in [4.78, 5) is 23.7. The van der Waals surface area contributed by atoms with Gasteiger partial charge in [-0.05, 0) is 31.5 Å². The van der Waals surface area contributed by atoms with Crippen LogP contribution in [0.1, 0.15) is 24.5 Å². The topological polar surface area (TPSA) is 83.6 Å². The number of carbonyl (C=O) groups excluding carboxylic acids is 1. The van der Waals surface area contributed by atoms with Crippen molar-refractivity contribution in [3.05, 3.63) is 88.2 Å². The van der Waals surface area contributed by atoms with Crippen molar-refractivity contribution in [3.63, 3.8) is 0 Å². The van der Waals surface area contributed by atoms with E-state index in [1.165, 1.54) is 25.3 Å². The molecule has 0 bridgehead atoms. The molecule has 0 N–H and O–H groups in total. The normalized spacial score (nSPS) is 12.8. The lowest BCUT2D eigenvalue weighted by Gasteiger charge is -2.32. The monoisotopic (exact) mass is 394 g/mol. The van der Waals surface area contributed by atoms with Crippen LogP contribution in [0.5, 0.6) is 5.75 Å². The van der Waals surface area contributed by atoms with Gasteiger partial charge in [-0.3, -0.25) is 10.1 Å². The van der Waals surface area contributed by atoms with Gasteiger partial charge in [0.15, 0.2) is 0 Å². The first-order chi connectivity index (χ1) is 13.9. The van der Waals surface area contributed by atoms with Gasteiger partial charge in [0, 0.05) is 30.1 Å². The Kier molecular flexibility index (Phi) is 5.68. The van der Waals surface area contributed by atoms with E-state index in [4.69, 9.17) is 9.47 Å². The predicted molar refractivity (Wildman–Crippen MR) is 108 cm³/mol. The van der Waals surface area contributed by atoms with Crippen LogP contribution in [-0.4, -0.2) is 22.6 Å². The van der Waals surface area contributed by atoms with Crippen LogP contribution in [0.4, 0.5) is 5.69 Å². The fourth-order valence-electron chi connectivity index (χ4n) is 3.22. The van der Waals surface area contributed by atoms with Crippen LogP contribution in [0.2, 0.25) is 0 Å². The van der Waals surface area contributed by atoms with Crippen LogP contribution in [0, 0.1) is 17.0 Å². The number of ether oxygens (including phenoxy) is 2. The maximum atomic E-state index is 12.9. The van der Waals surface area contributed by atoms with Crippen molar-refractivity contribution >= 4 is 11.7 Å². The number of aromatic nitrogens is 1. The highest BCUT2D eigenvalue weighted by Gasteiger charge is 2.43. The Morgan fingerprint density at radius 1 is 1.14 bits per heavy atom. The molecule has 0 aliphatic heterocycles. The lowest BCUT2D eigenvalue weighted by molar-refractivity contribution is -0.384. The van der Waals surface area contributed by atoms with Crippen LogP contribution >= 0.6 is 0 Å². The van der Waals surface area contributed by atoms with Gasteiger partial charge in [0.1, 0.15) is 5.75 Å². The molecule has 0 spiro atoms. The maximum Gasteiger partial charge on any atom is 0.354 e. The zero-order chi connectivity index (χ0) is 21.0. The third-order valence-electron chi connectivity index (χ3n) is 4.85. The van der Waals surface area contributed by atoms with Crippen molar-refractivity contribution in [1.29, 1.82) is 0 Å². The number of benzene rings is 2. The Balaban J connectivity index is 2.16. The summed E-state index contributed by atoms with van der Waals surface area (Å²) < 4.78 is 13.1. The highest BCUT2D eigenvalue weighted by Crippen LogP contribution is 2.37. The highest BCUT2D eigenvalue weighted by atomic mass is 16.6. The van der Waals surface area contributed by atoms with E-state index in [1.807, 2.05) is 38.1 Å². The van der Waals surface area contributed by atoms with E-state index in [1.54, 1.807) is 29.1 Å². The van der Waals surface area contributed by atoms with Gasteiger partial charge < -0.3 is 14.0 Å². The molecular weight excluding hydrogens is 372 g/mol. The Hall–Kier alpha value is -3.61. The lowest BCUT2D eigenvalue weighted by atomic mass is 9.90. The molecule has 0 saturated carbocycles. The molecule has 3 rings (SSSR count). The molecule has 0 aliphatic carbocycles. The Bertz CT molecular complexity index is 1010. The van der Waals surface area contributed by atoms with Crippen LogP contribution in [0.15, 0.2) is 67.0 Å². The summed E-state index contributed by atoms with van der Waals surface area (Å²) in [6.07, 6.45) is 3.82. The van der Waals surface area contributed by atoms with E-state index in [0.29, 0.717) is 23.4 Å². The van der Waals surface area contributed by atoms with Crippen LogP contribution in [-0.2, 0) is 15.1 Å². The van der Waals surface area contributed by atoms with Crippen molar-refractivity contribution in [2.24, 2.45) is 0 Å². The molecule has 150 valence electrons. The number of nitro groups is 1. The van der Waals surface area contributed by atoms with Crippen molar-refractivity contribution < 1.29 is 19.2 Å². The fourth-order valence-corrected chi connectivity index (χ4v) is 3.22. The zero-order valence-electron chi connectivity index (χ0n) is 16.5. The van der Waals surface area contributed by atoms with Gasteiger partial charge in [-0.1, -0.05) is 36.8 Å². The summed E-state index contributed by atoms with van der Waals surface area (Å²) in [6.45, 7) is 3.79. The van der Waals surface area contributed by atoms with Gasteiger partial charge >= 0.3 is 5.97 Å². The van der Waals surface area contributed by atoms with Crippen LogP contribution < -0.4 is 4.74 Å². The summed E-state index contributed by atoms with van der Waals surface area (Å²) in [7, 11) is 1.31. The third kappa shape index (κ3) is 3.85. The third-order valence-corrected chi connectivity index (χ3v) is 4.85. The second kappa shape index (κ2) is 8.18. The van der Waals surface area contributed by atoms with Gasteiger partial charge in [-0.15, -0.1) is 0 Å². The number of hydrogen-bond acceptors (Lipinski definition) is 5. The number of esters is 1. The van der Waals surface area contributed by atoms with E-state index in [-0.39, 0.29) is 5.69 Å². The van der Waals surface area contributed by atoms with Crippen molar-refractivity contribution in [1.82, 2.24) is 4.57 Å². The molecule has 0 aliphatic rings. The number of hydrogen-bond donors (Lipinski definition) is 0. The average Bonchev–Trinajstić information content (AvgIpc) is 3.27. The Morgan fingerprint density at radius 3 is 2.34 bits per heavy atom. The SMILES string of the molecule is CC[C@](Oc1ccc([N+](=O)[O-])cc1-n1cccc1)(C(=O)OC)c1ccc(C)cc1. The first-order valence-corrected chi connectivity index (χ1v) is 9.17. The van der Waals surface area contributed by atoms with E-state index in [2.05, 4.69) is 0 Å². The van der Waals surface area contributed by atoms with Crippen molar-refractivity contribution in [2.75, 3.05) is 7.11 Å². The molecule has 0 saturated heterocycles. The molecule has 29 heavy (non-hydrogen) atoms. The maximum absolute atomic E-state index is 12.9. The molecule has 0 fully saturated rings. The number of rotatable bonds is 7. The van der Waals surface area contributed by atoms with Crippen molar-refractivity contribution in [3.8, 4) is 11.4 Å². The van der Waals surface area contributed by atoms with E-state index < -0.39 is 16.5 Å². The molecule has 0 amide bonds. The van der Waals surface area contributed by atoms with E-state index in [0.717, 1.165) is 5.56 Å². The summed E-state index contributed by atoms with van der Waals surface area (Å²) in [5.41, 5.74) is 0.691. The number of nitrogens with zero attached hydrogens (tertiary/aromatic N) is 2. The molecule has 7 heteroatoms. The fraction of sp³-hybridized carbons (Fsp3) is 0.227. The molecule has 7 nitrogen and oxygen atoms in total. The van der Waals surface area contributed by atoms with Gasteiger partial charge in [0.05, 0.1) is 17.7 Å². The highest BCUT2D eigenvalue weighted by molar-refractivity contribution is 5.82. The second-order valence-electron chi connectivity index (χ2n) is 6.64. The molecule has 0 unspecified atom stereocenters. The van der Waals surface area contributed by atoms with Crippen LogP contribution in [0.25, 0.3) is 5.69 Å². The molecular formula is C22H22N2O5. The van der Waals surface area contributed by atoms with E-state index >= 15 is 0 Å². The smallest absolute Gasteiger partial charge is 0.354 e. The minimum absolute atomic E-state index is 0.0726. The van der Waals surface area contributed by atoms with Gasteiger partial charge in [-0.25, -0.2) is 4.79 Å². The average molecular weight is 394 g/mol. The van der Waals surface area contributed by atoms with Gasteiger partial charge in [0.25, 0.3) is 5.69 Å². The van der Waals surface area contributed by atoms with Crippen LogP contribution in [0.3, 0.4) is 0 Å². The van der Waals surface area contributed by atoms with Gasteiger partial charge in [-0.2, -0.15) is 0 Å². The van der Waals surface area contributed by atoms with Crippen molar-refractivity contribution in [2.45, 2.75) is 25.9 Å². The zero-order valence-corrected chi connectivity index (χ0v) is 16.5. The number of nitro benzene ring substituents is 1. The number of aryl methyl sites for hydroxylation is 1. The molecule has 2 aromatic carbocycles. The van der Waals surface area contributed by atoms with Gasteiger partial charge in [0.2, 0.25) is 5.60 Å². The molecule has 0 radical (unpaired) electrons. The summed E-state index contributed by atoms with van der Waals surface area (Å²) >= 11 is 0. The quantitative estimate of drug-likeness (QED) is 0.333. The largest absolute Gasteiger partial charge is 0.469 e. The first kappa shape index (κ1) is 20.1. The molecule has 1 heterocycles. The first-order valence-electron chi connectivity index (χ1n) is 9.17. The van der Waals surface area contributed by atoms with E-state index in [9.17, 15) is 14.9 Å². The summed E-state index contributed by atoms with van der Waals surface area (Å²) in [5.74, 6) is -0.208. The number of non-ortho nitro benzene ring substituents is 1. The molecule has 1 atom stereocenters. The molecule has 1 aromatic heterocycles. The number of methoxy groups -OCH3 is 1. The lowest BCUT2D eigenvalue weighted by Crippen LogP contribution is -2.42. The Labute approximate surface area is 168 Å².